The van der Waals surface area contributed by atoms with Gasteiger partial charge >= 0.3 is 0 Å². The van der Waals surface area contributed by atoms with E-state index in [1.807, 2.05) is 60.7 Å². The van der Waals surface area contributed by atoms with Gasteiger partial charge in [-0.15, -0.1) is 0 Å². The number of nitrogens with zero attached hydrogens (tertiary/aromatic N) is 1. The molecular weight excluding hydrogens is 512 g/mol. The lowest BCUT2D eigenvalue weighted by Gasteiger charge is -2.10. The van der Waals surface area contributed by atoms with Crippen LogP contribution in [0.15, 0.2) is 74.7 Å². The van der Waals surface area contributed by atoms with Crippen molar-refractivity contribution in [3.8, 4) is 17.2 Å². The molecule has 30 heavy (non-hydrogen) atoms. The van der Waals surface area contributed by atoms with Crippen LogP contribution in [-0.4, -0.2) is 20.4 Å². The Morgan fingerprint density at radius 3 is 2.23 bits per heavy atom. The number of hydrazone groups is 1. The maximum absolute atomic E-state index is 5.90. The minimum absolute atomic E-state index is 0.506. The normalized spacial score (nSPS) is 10.8. The summed E-state index contributed by atoms with van der Waals surface area (Å²) >= 11 is 7.00. The highest BCUT2D eigenvalue weighted by Crippen LogP contribution is 2.28. The molecule has 0 unspecified atom stereocenters. The third-order valence-corrected chi connectivity index (χ3v) is 5.45. The van der Waals surface area contributed by atoms with E-state index >= 15 is 0 Å². The summed E-state index contributed by atoms with van der Waals surface area (Å²) in [6, 6.07) is 19.7. The van der Waals surface area contributed by atoms with Gasteiger partial charge in [0.15, 0.2) is 11.5 Å². The zero-order chi connectivity index (χ0) is 21.3. The second kappa shape index (κ2) is 11.0. The molecule has 0 atom stereocenters. The number of hydrogen-bond donors (Lipinski definition) is 1. The summed E-state index contributed by atoms with van der Waals surface area (Å²) in [5.41, 5.74) is 6.15. The van der Waals surface area contributed by atoms with E-state index in [0.29, 0.717) is 24.7 Å². The van der Waals surface area contributed by atoms with E-state index in [4.69, 9.17) is 14.2 Å². The van der Waals surface area contributed by atoms with Gasteiger partial charge in [-0.2, -0.15) is 5.10 Å². The maximum Gasteiger partial charge on any atom is 0.161 e. The molecule has 0 aromatic heterocycles. The third-order valence-electron chi connectivity index (χ3n) is 4.30. The van der Waals surface area contributed by atoms with Gasteiger partial charge in [-0.25, -0.2) is 0 Å². The molecule has 156 valence electrons. The third kappa shape index (κ3) is 6.24. The van der Waals surface area contributed by atoms with Gasteiger partial charge in [-0.3, -0.25) is 0 Å². The van der Waals surface area contributed by atoms with Crippen LogP contribution in [0.5, 0.6) is 17.2 Å². The first-order valence-electron chi connectivity index (χ1n) is 9.22. The van der Waals surface area contributed by atoms with Crippen molar-refractivity contribution in [1.29, 1.82) is 0 Å². The van der Waals surface area contributed by atoms with Crippen LogP contribution in [0.3, 0.4) is 0 Å². The average molecular weight is 534 g/mol. The van der Waals surface area contributed by atoms with Crippen molar-refractivity contribution in [2.24, 2.45) is 5.10 Å². The Hall–Kier alpha value is -2.51. The number of ether oxygens (including phenoxy) is 3. The summed E-state index contributed by atoms with van der Waals surface area (Å²) in [5.74, 6) is 2.19. The maximum atomic E-state index is 5.90. The molecule has 0 aliphatic rings. The lowest BCUT2D eigenvalue weighted by atomic mass is 10.2. The molecule has 0 spiro atoms. The molecule has 7 heteroatoms. The summed E-state index contributed by atoms with van der Waals surface area (Å²) in [7, 11) is 3.24. The van der Waals surface area contributed by atoms with Gasteiger partial charge in [-0.05, 0) is 75.1 Å². The Labute approximate surface area is 193 Å². The van der Waals surface area contributed by atoms with Crippen LogP contribution < -0.4 is 19.6 Å². The van der Waals surface area contributed by atoms with Crippen LogP contribution >= 0.6 is 31.9 Å². The molecule has 3 aromatic carbocycles. The molecule has 1 N–H and O–H groups in total. The molecule has 0 amide bonds. The largest absolute Gasteiger partial charge is 0.493 e. The molecular formula is C23H22Br2N2O3. The van der Waals surface area contributed by atoms with Crippen molar-refractivity contribution in [3.63, 3.8) is 0 Å². The second-order valence-electron chi connectivity index (χ2n) is 6.39. The van der Waals surface area contributed by atoms with Gasteiger partial charge in [0.05, 0.1) is 31.5 Å². The highest BCUT2D eigenvalue weighted by molar-refractivity contribution is 9.10. The first-order chi connectivity index (χ1) is 14.6. The summed E-state index contributed by atoms with van der Waals surface area (Å²) in [6.45, 7) is 1.08. The fraction of sp³-hybridized carbons (Fsp3) is 0.174. The smallest absolute Gasteiger partial charge is 0.161 e. The van der Waals surface area contributed by atoms with Crippen molar-refractivity contribution in [3.05, 3.63) is 86.3 Å². The minimum Gasteiger partial charge on any atom is -0.493 e. The number of nitrogens with one attached hydrogen (secondary N) is 1. The highest BCUT2D eigenvalue weighted by Gasteiger charge is 2.05. The molecule has 0 bridgehead atoms. The number of methoxy groups -OCH3 is 2. The van der Waals surface area contributed by atoms with Crippen molar-refractivity contribution in [1.82, 2.24) is 5.43 Å². The van der Waals surface area contributed by atoms with E-state index in [1.165, 1.54) is 0 Å². The van der Waals surface area contributed by atoms with Gasteiger partial charge in [0, 0.05) is 4.47 Å². The highest BCUT2D eigenvalue weighted by atomic mass is 79.9. The Bertz CT molecular complexity index is 1010. The van der Waals surface area contributed by atoms with Crippen molar-refractivity contribution >= 4 is 38.1 Å². The number of benzene rings is 3. The second-order valence-corrected chi connectivity index (χ2v) is 8.16. The zero-order valence-corrected chi connectivity index (χ0v) is 19.9. The summed E-state index contributed by atoms with van der Waals surface area (Å²) in [6.07, 6.45) is 1.77. The lowest BCUT2D eigenvalue weighted by molar-refractivity contribution is 0.304. The molecule has 0 aliphatic heterocycles. The van der Waals surface area contributed by atoms with Gasteiger partial charge < -0.3 is 19.6 Å². The Balaban J connectivity index is 1.53. The SMILES string of the molecule is COc1ccc(CN/N=C\c2ccc(OCc3ccc(Br)cc3)c(Br)c2)cc1OC. The topological polar surface area (TPSA) is 52.1 Å². The summed E-state index contributed by atoms with van der Waals surface area (Å²) in [5, 5.41) is 4.29. The molecule has 0 aliphatic carbocycles. The van der Waals surface area contributed by atoms with Crippen LogP contribution in [0.2, 0.25) is 0 Å². The van der Waals surface area contributed by atoms with E-state index in [-0.39, 0.29) is 0 Å². The van der Waals surface area contributed by atoms with Crippen LogP contribution in [0, 0.1) is 0 Å². The predicted molar refractivity (Wildman–Crippen MR) is 127 cm³/mol. The summed E-state index contributed by atoms with van der Waals surface area (Å²) in [4.78, 5) is 0. The van der Waals surface area contributed by atoms with E-state index in [2.05, 4.69) is 42.4 Å². The van der Waals surface area contributed by atoms with Crippen molar-refractivity contribution in [2.45, 2.75) is 13.2 Å². The molecule has 0 saturated heterocycles. The monoisotopic (exact) mass is 532 g/mol. The number of rotatable bonds is 9. The molecule has 3 rings (SSSR count). The molecule has 0 radical (unpaired) electrons. The van der Waals surface area contributed by atoms with E-state index < -0.39 is 0 Å². The number of halogens is 2. The van der Waals surface area contributed by atoms with Crippen LogP contribution in [-0.2, 0) is 13.2 Å². The lowest BCUT2D eigenvalue weighted by Crippen LogP contribution is -2.06. The van der Waals surface area contributed by atoms with Crippen LogP contribution in [0.4, 0.5) is 0 Å². The first-order valence-corrected chi connectivity index (χ1v) is 10.8. The molecule has 0 saturated carbocycles. The van der Waals surface area contributed by atoms with Crippen molar-refractivity contribution < 1.29 is 14.2 Å². The quantitative estimate of drug-likeness (QED) is 0.273. The van der Waals surface area contributed by atoms with E-state index in [9.17, 15) is 0 Å². The average Bonchev–Trinajstić information content (AvgIpc) is 2.77. The van der Waals surface area contributed by atoms with Crippen molar-refractivity contribution in [2.75, 3.05) is 14.2 Å². The Morgan fingerprint density at radius 2 is 1.53 bits per heavy atom. The first kappa shape index (κ1) is 22.2. The standard InChI is InChI=1S/C23H22Br2N2O3/c1-28-22-10-6-18(12-23(22)29-2)14-27-26-13-17-5-9-21(20(25)11-17)30-15-16-3-7-19(24)8-4-16/h3-13,27H,14-15H2,1-2H3/b26-13-. The molecule has 5 nitrogen and oxygen atoms in total. The van der Waals surface area contributed by atoms with Crippen LogP contribution in [0.1, 0.15) is 16.7 Å². The molecule has 0 fully saturated rings. The minimum atomic E-state index is 0.506. The Kier molecular flexibility index (Phi) is 8.16. The zero-order valence-electron chi connectivity index (χ0n) is 16.7. The Morgan fingerprint density at radius 1 is 0.833 bits per heavy atom. The summed E-state index contributed by atoms with van der Waals surface area (Å²) < 4.78 is 18.4. The van der Waals surface area contributed by atoms with Crippen LogP contribution in [0.25, 0.3) is 0 Å². The fourth-order valence-corrected chi connectivity index (χ4v) is 3.48. The molecule has 3 aromatic rings. The fourth-order valence-electron chi connectivity index (χ4n) is 2.70. The van der Waals surface area contributed by atoms with Gasteiger partial charge in [-0.1, -0.05) is 34.1 Å². The predicted octanol–water partition coefficient (Wildman–Crippen LogP) is 5.93. The van der Waals surface area contributed by atoms with Gasteiger partial charge in [0.1, 0.15) is 12.4 Å². The molecule has 0 heterocycles. The number of hydrogen-bond acceptors (Lipinski definition) is 5. The van der Waals surface area contributed by atoms with E-state index in [1.54, 1.807) is 20.4 Å². The van der Waals surface area contributed by atoms with Gasteiger partial charge in [0.25, 0.3) is 0 Å². The van der Waals surface area contributed by atoms with E-state index in [0.717, 1.165) is 31.4 Å². The van der Waals surface area contributed by atoms with Gasteiger partial charge in [0.2, 0.25) is 0 Å².